The molecule has 16 heavy (non-hydrogen) atoms. The van der Waals surface area contributed by atoms with Gasteiger partial charge in [0.25, 0.3) is 0 Å². The van der Waals surface area contributed by atoms with Gasteiger partial charge in [0.15, 0.2) is 0 Å². The lowest BCUT2D eigenvalue weighted by Crippen LogP contribution is -2.15. The summed E-state index contributed by atoms with van der Waals surface area (Å²) in [5.41, 5.74) is 5.76. The van der Waals surface area contributed by atoms with E-state index in [0.717, 1.165) is 5.75 Å². The fourth-order valence-electron chi connectivity index (χ4n) is 1.36. The van der Waals surface area contributed by atoms with Crippen LogP contribution < -0.4 is 16.2 Å². The van der Waals surface area contributed by atoms with Gasteiger partial charge in [0, 0.05) is 0 Å². The van der Waals surface area contributed by atoms with E-state index in [9.17, 15) is 4.79 Å². The van der Waals surface area contributed by atoms with Gasteiger partial charge in [-0.05, 0) is 24.3 Å². The molecule has 0 bridgehead atoms. The number of aromatic nitrogens is 3. The molecule has 6 nitrogen and oxygen atoms in total. The molecule has 0 aliphatic carbocycles. The largest absolute Gasteiger partial charge is 0.497 e. The highest BCUT2D eigenvalue weighted by atomic mass is 16.5. The van der Waals surface area contributed by atoms with Crippen LogP contribution in [0, 0.1) is 0 Å². The van der Waals surface area contributed by atoms with Crippen LogP contribution in [-0.4, -0.2) is 21.9 Å². The van der Waals surface area contributed by atoms with Crippen molar-refractivity contribution >= 4 is 0 Å². The zero-order valence-electron chi connectivity index (χ0n) is 8.80. The standard InChI is InChI=1S/C10H12N4O2/c1-16-8-4-2-7(3-5-8)14-10(15)12-9(6-11)13-14/h2-5H,6,11H2,1H3,(H,12,13,15). The van der Waals surface area contributed by atoms with E-state index in [1.54, 1.807) is 31.4 Å². The Labute approximate surface area is 91.7 Å². The minimum Gasteiger partial charge on any atom is -0.497 e. The van der Waals surface area contributed by atoms with Gasteiger partial charge in [0.2, 0.25) is 0 Å². The maximum Gasteiger partial charge on any atom is 0.348 e. The lowest BCUT2D eigenvalue weighted by molar-refractivity contribution is 0.414. The van der Waals surface area contributed by atoms with Crippen molar-refractivity contribution in [3.05, 3.63) is 40.6 Å². The Kier molecular flexibility index (Phi) is 2.74. The molecule has 0 radical (unpaired) electrons. The van der Waals surface area contributed by atoms with Crippen LogP contribution in [0.25, 0.3) is 5.69 Å². The van der Waals surface area contributed by atoms with Crippen LogP contribution in [0.3, 0.4) is 0 Å². The summed E-state index contributed by atoms with van der Waals surface area (Å²) in [4.78, 5) is 14.1. The normalized spacial score (nSPS) is 10.4. The van der Waals surface area contributed by atoms with Gasteiger partial charge in [-0.25, -0.2) is 4.79 Å². The molecule has 0 saturated heterocycles. The Morgan fingerprint density at radius 1 is 1.44 bits per heavy atom. The van der Waals surface area contributed by atoms with Gasteiger partial charge in [-0.15, -0.1) is 5.10 Å². The van der Waals surface area contributed by atoms with E-state index in [2.05, 4.69) is 10.1 Å². The second-order valence-corrected chi connectivity index (χ2v) is 3.19. The number of ether oxygens (including phenoxy) is 1. The molecular weight excluding hydrogens is 208 g/mol. The second kappa shape index (κ2) is 4.19. The molecule has 0 aliphatic rings. The van der Waals surface area contributed by atoms with Gasteiger partial charge in [-0.3, -0.25) is 4.98 Å². The monoisotopic (exact) mass is 220 g/mol. The number of hydrogen-bond donors (Lipinski definition) is 2. The van der Waals surface area contributed by atoms with Crippen molar-refractivity contribution in [1.82, 2.24) is 14.8 Å². The van der Waals surface area contributed by atoms with Crippen molar-refractivity contribution in [2.75, 3.05) is 7.11 Å². The smallest absolute Gasteiger partial charge is 0.348 e. The quantitative estimate of drug-likeness (QED) is 0.764. The van der Waals surface area contributed by atoms with Crippen LogP contribution in [0.1, 0.15) is 5.82 Å². The van der Waals surface area contributed by atoms with Crippen molar-refractivity contribution in [2.45, 2.75) is 6.54 Å². The predicted octanol–water partition coefficient (Wildman–Crippen LogP) is 0.0279. The number of hydrogen-bond acceptors (Lipinski definition) is 4. The SMILES string of the molecule is COc1ccc(-n2nc(CN)[nH]c2=O)cc1. The number of methoxy groups -OCH3 is 1. The maximum absolute atomic E-state index is 11.5. The average molecular weight is 220 g/mol. The maximum atomic E-state index is 11.5. The minimum absolute atomic E-state index is 0.207. The molecule has 0 spiro atoms. The lowest BCUT2D eigenvalue weighted by Gasteiger charge is -2.01. The van der Waals surface area contributed by atoms with Crippen molar-refractivity contribution < 1.29 is 4.74 Å². The molecule has 0 saturated carbocycles. The first-order valence-electron chi connectivity index (χ1n) is 4.77. The molecule has 84 valence electrons. The van der Waals surface area contributed by atoms with Crippen LogP contribution in [0.2, 0.25) is 0 Å². The Morgan fingerprint density at radius 2 is 2.12 bits per heavy atom. The Bertz CT molecular complexity index is 526. The molecule has 6 heteroatoms. The molecule has 3 N–H and O–H groups in total. The van der Waals surface area contributed by atoms with Gasteiger partial charge in [-0.2, -0.15) is 4.68 Å². The van der Waals surface area contributed by atoms with Crippen molar-refractivity contribution in [2.24, 2.45) is 5.73 Å². The number of nitrogens with one attached hydrogen (secondary N) is 1. The minimum atomic E-state index is -0.300. The van der Waals surface area contributed by atoms with Crippen LogP contribution in [-0.2, 0) is 6.54 Å². The number of benzene rings is 1. The highest BCUT2D eigenvalue weighted by Crippen LogP contribution is 2.12. The molecule has 1 aromatic heterocycles. The molecule has 1 heterocycles. The molecule has 2 aromatic rings. The second-order valence-electron chi connectivity index (χ2n) is 3.19. The summed E-state index contributed by atoms with van der Waals surface area (Å²) in [6.45, 7) is 0.207. The zero-order valence-corrected chi connectivity index (χ0v) is 8.80. The lowest BCUT2D eigenvalue weighted by atomic mass is 10.3. The third-order valence-corrected chi connectivity index (χ3v) is 2.17. The van der Waals surface area contributed by atoms with E-state index < -0.39 is 0 Å². The summed E-state index contributed by atoms with van der Waals surface area (Å²) < 4.78 is 6.29. The number of nitrogens with zero attached hydrogens (tertiary/aromatic N) is 2. The molecule has 2 rings (SSSR count). The number of H-pyrrole nitrogens is 1. The van der Waals surface area contributed by atoms with Gasteiger partial charge in [0.1, 0.15) is 11.6 Å². The topological polar surface area (TPSA) is 85.9 Å². The summed E-state index contributed by atoms with van der Waals surface area (Å²) in [5, 5.41) is 4.04. The highest BCUT2D eigenvalue weighted by Gasteiger charge is 2.05. The van der Waals surface area contributed by atoms with Crippen LogP contribution in [0.15, 0.2) is 29.1 Å². The first-order chi connectivity index (χ1) is 7.74. The fourth-order valence-corrected chi connectivity index (χ4v) is 1.36. The highest BCUT2D eigenvalue weighted by molar-refractivity contribution is 5.36. The van der Waals surface area contributed by atoms with Crippen molar-refractivity contribution in [3.8, 4) is 11.4 Å². The van der Waals surface area contributed by atoms with Crippen LogP contribution in [0.5, 0.6) is 5.75 Å². The van der Waals surface area contributed by atoms with E-state index in [4.69, 9.17) is 10.5 Å². The molecule has 1 aromatic carbocycles. The summed E-state index contributed by atoms with van der Waals surface area (Å²) in [6, 6.07) is 7.03. The molecule has 0 atom stereocenters. The average Bonchev–Trinajstić information content (AvgIpc) is 2.71. The number of rotatable bonds is 3. The molecule has 0 unspecified atom stereocenters. The molecule has 0 fully saturated rings. The third-order valence-electron chi connectivity index (χ3n) is 2.17. The van der Waals surface area contributed by atoms with Crippen LogP contribution in [0.4, 0.5) is 0 Å². The Balaban J connectivity index is 2.42. The first-order valence-corrected chi connectivity index (χ1v) is 4.77. The van der Waals surface area contributed by atoms with Crippen molar-refractivity contribution in [3.63, 3.8) is 0 Å². The van der Waals surface area contributed by atoms with Gasteiger partial charge >= 0.3 is 5.69 Å². The van der Waals surface area contributed by atoms with Crippen LogP contribution >= 0.6 is 0 Å². The number of aromatic amines is 1. The third kappa shape index (κ3) is 1.82. The summed E-state index contributed by atoms with van der Waals surface area (Å²) in [7, 11) is 1.59. The zero-order chi connectivity index (χ0) is 11.5. The van der Waals surface area contributed by atoms with Gasteiger partial charge in [-0.1, -0.05) is 0 Å². The van der Waals surface area contributed by atoms with E-state index in [1.807, 2.05) is 0 Å². The van der Waals surface area contributed by atoms with E-state index in [1.165, 1.54) is 4.68 Å². The van der Waals surface area contributed by atoms with E-state index >= 15 is 0 Å². The van der Waals surface area contributed by atoms with E-state index in [-0.39, 0.29) is 12.2 Å². The molecular formula is C10H12N4O2. The summed E-state index contributed by atoms with van der Waals surface area (Å²) in [6.07, 6.45) is 0. The molecule has 0 amide bonds. The number of nitrogens with two attached hydrogens (primary N) is 1. The van der Waals surface area contributed by atoms with Gasteiger partial charge < -0.3 is 10.5 Å². The Hall–Kier alpha value is -2.08. The fraction of sp³-hybridized carbons (Fsp3) is 0.200. The summed E-state index contributed by atoms with van der Waals surface area (Å²) in [5.74, 6) is 1.19. The van der Waals surface area contributed by atoms with E-state index in [0.29, 0.717) is 11.5 Å². The first kappa shape index (κ1) is 10.4. The Morgan fingerprint density at radius 3 is 2.62 bits per heavy atom. The predicted molar refractivity (Wildman–Crippen MR) is 58.6 cm³/mol. The summed E-state index contributed by atoms with van der Waals surface area (Å²) >= 11 is 0. The van der Waals surface area contributed by atoms with Gasteiger partial charge in [0.05, 0.1) is 19.3 Å². The van der Waals surface area contributed by atoms with Crippen molar-refractivity contribution in [1.29, 1.82) is 0 Å². The molecule has 0 aliphatic heterocycles.